The van der Waals surface area contributed by atoms with Crippen LogP contribution in [0, 0.1) is 0 Å². The monoisotopic (exact) mass is 298 g/mol. The predicted octanol–water partition coefficient (Wildman–Crippen LogP) is 4.52. The van der Waals surface area contributed by atoms with Gasteiger partial charge in [-0.15, -0.1) is 0 Å². The van der Waals surface area contributed by atoms with Gasteiger partial charge in [0.25, 0.3) is 0 Å². The van der Waals surface area contributed by atoms with Crippen molar-refractivity contribution in [2.75, 3.05) is 14.1 Å². The Labute approximate surface area is 135 Å². The van der Waals surface area contributed by atoms with E-state index in [4.69, 9.17) is 0 Å². The molecule has 0 N–H and O–H groups in total. The van der Waals surface area contributed by atoms with Crippen molar-refractivity contribution in [1.29, 1.82) is 0 Å². The highest BCUT2D eigenvalue weighted by Crippen LogP contribution is 2.26. The first-order valence-electron chi connectivity index (χ1n) is 8.30. The molecule has 0 aromatic heterocycles. The molecule has 2 aromatic carbocycles. The molecule has 120 valence electrons. The number of nitrogens with zero attached hydrogens (tertiary/aromatic N) is 2. The molecule has 0 aliphatic rings. The van der Waals surface area contributed by atoms with Crippen molar-refractivity contribution in [3.63, 3.8) is 0 Å². The maximum absolute atomic E-state index is 2.40. The molecule has 0 saturated carbocycles. The third kappa shape index (κ3) is 3.88. The molecular formula is C20H30N2. The van der Waals surface area contributed by atoms with Gasteiger partial charge in [-0.2, -0.15) is 0 Å². The van der Waals surface area contributed by atoms with Gasteiger partial charge >= 0.3 is 0 Å². The fourth-order valence-corrected chi connectivity index (χ4v) is 2.67. The number of benzene rings is 2. The second kappa shape index (κ2) is 7.26. The lowest BCUT2D eigenvalue weighted by Gasteiger charge is -2.25. The van der Waals surface area contributed by atoms with Crippen molar-refractivity contribution < 1.29 is 0 Å². The van der Waals surface area contributed by atoms with Crippen LogP contribution in [-0.2, 0) is 13.1 Å². The van der Waals surface area contributed by atoms with Gasteiger partial charge in [0.1, 0.15) is 0 Å². The van der Waals surface area contributed by atoms with Gasteiger partial charge in [0.15, 0.2) is 0 Å². The van der Waals surface area contributed by atoms with Crippen molar-refractivity contribution in [2.24, 2.45) is 0 Å². The first kappa shape index (κ1) is 17.0. The van der Waals surface area contributed by atoms with Gasteiger partial charge in [-0.3, -0.25) is 9.80 Å². The summed E-state index contributed by atoms with van der Waals surface area (Å²) in [5, 5.41) is 2.79. The topological polar surface area (TPSA) is 6.48 Å². The molecule has 2 rings (SSSR count). The molecule has 0 heterocycles. The van der Waals surface area contributed by atoms with Crippen LogP contribution in [0.1, 0.15) is 38.8 Å². The molecule has 22 heavy (non-hydrogen) atoms. The third-order valence-electron chi connectivity index (χ3n) is 4.68. The molecule has 2 nitrogen and oxygen atoms in total. The Kier molecular flexibility index (Phi) is 5.60. The van der Waals surface area contributed by atoms with Crippen molar-refractivity contribution in [3.05, 3.63) is 47.5 Å². The Morgan fingerprint density at radius 3 is 1.50 bits per heavy atom. The molecule has 0 spiro atoms. The van der Waals surface area contributed by atoms with Gasteiger partial charge in [0.2, 0.25) is 0 Å². The van der Waals surface area contributed by atoms with Crippen LogP contribution in [0.5, 0.6) is 0 Å². The molecule has 2 aromatic rings. The molecule has 2 heteroatoms. The van der Waals surface area contributed by atoms with E-state index in [1.807, 2.05) is 0 Å². The summed E-state index contributed by atoms with van der Waals surface area (Å²) in [6.45, 7) is 11.0. The second-order valence-electron chi connectivity index (χ2n) is 6.95. The lowest BCUT2D eigenvalue weighted by Crippen LogP contribution is -2.27. The predicted molar refractivity (Wildman–Crippen MR) is 97.2 cm³/mol. The highest BCUT2D eigenvalue weighted by atomic mass is 15.1. The SMILES string of the molecule is CC(C)N(C)Cc1cccc2cccc(CN(C)C(C)C)c12. The number of fused-ring (bicyclic) bond motifs is 1. The molecule has 0 unspecified atom stereocenters. The first-order valence-corrected chi connectivity index (χ1v) is 8.30. The van der Waals surface area contributed by atoms with Crippen molar-refractivity contribution in [2.45, 2.75) is 52.9 Å². The minimum absolute atomic E-state index is 0.556. The van der Waals surface area contributed by atoms with Gasteiger partial charge in [0.05, 0.1) is 0 Å². The Hall–Kier alpha value is -1.38. The largest absolute Gasteiger partial charge is 0.300 e. The highest BCUT2D eigenvalue weighted by molar-refractivity contribution is 5.88. The maximum atomic E-state index is 2.40. The number of rotatable bonds is 6. The number of hydrogen-bond acceptors (Lipinski definition) is 2. The van der Waals surface area contributed by atoms with E-state index in [1.54, 1.807) is 0 Å². The maximum Gasteiger partial charge on any atom is 0.0239 e. The van der Waals surface area contributed by atoms with E-state index in [-0.39, 0.29) is 0 Å². The van der Waals surface area contributed by atoms with Crippen LogP contribution in [0.4, 0.5) is 0 Å². The lowest BCUT2D eigenvalue weighted by molar-refractivity contribution is 0.264. The fourth-order valence-electron chi connectivity index (χ4n) is 2.67. The molecule has 0 aliphatic carbocycles. The van der Waals surface area contributed by atoms with Crippen LogP contribution < -0.4 is 0 Å². The van der Waals surface area contributed by atoms with Crippen molar-refractivity contribution in [3.8, 4) is 0 Å². The van der Waals surface area contributed by atoms with Crippen LogP contribution in [0.3, 0.4) is 0 Å². The third-order valence-corrected chi connectivity index (χ3v) is 4.68. The lowest BCUT2D eigenvalue weighted by atomic mass is 9.98. The molecule has 0 bridgehead atoms. The van der Waals surface area contributed by atoms with E-state index in [0.717, 1.165) is 13.1 Å². The van der Waals surface area contributed by atoms with Gasteiger partial charge in [-0.05, 0) is 63.7 Å². The molecule has 0 radical (unpaired) electrons. The molecule has 0 amide bonds. The Morgan fingerprint density at radius 2 is 1.14 bits per heavy atom. The second-order valence-corrected chi connectivity index (χ2v) is 6.95. The van der Waals surface area contributed by atoms with Gasteiger partial charge < -0.3 is 0 Å². The van der Waals surface area contributed by atoms with E-state index in [0.29, 0.717) is 12.1 Å². The van der Waals surface area contributed by atoms with Crippen LogP contribution in [-0.4, -0.2) is 36.0 Å². The molecular weight excluding hydrogens is 268 g/mol. The van der Waals surface area contributed by atoms with Crippen LogP contribution in [0.2, 0.25) is 0 Å². The minimum Gasteiger partial charge on any atom is -0.300 e. The molecule has 0 saturated heterocycles. The van der Waals surface area contributed by atoms with Crippen molar-refractivity contribution >= 4 is 10.8 Å². The average Bonchev–Trinajstić information content (AvgIpc) is 2.47. The van der Waals surface area contributed by atoms with E-state index < -0.39 is 0 Å². The summed E-state index contributed by atoms with van der Waals surface area (Å²) in [6.07, 6.45) is 0. The van der Waals surface area contributed by atoms with E-state index >= 15 is 0 Å². The van der Waals surface area contributed by atoms with Crippen LogP contribution >= 0.6 is 0 Å². The van der Waals surface area contributed by atoms with E-state index in [9.17, 15) is 0 Å². The van der Waals surface area contributed by atoms with Gasteiger partial charge in [-0.1, -0.05) is 36.4 Å². The minimum atomic E-state index is 0.556. The highest BCUT2D eigenvalue weighted by Gasteiger charge is 2.12. The first-order chi connectivity index (χ1) is 10.4. The smallest absolute Gasteiger partial charge is 0.0239 e. The van der Waals surface area contributed by atoms with Crippen molar-refractivity contribution in [1.82, 2.24) is 9.80 Å². The zero-order chi connectivity index (χ0) is 16.3. The molecule has 0 atom stereocenters. The summed E-state index contributed by atoms with van der Waals surface area (Å²) in [4.78, 5) is 4.80. The summed E-state index contributed by atoms with van der Waals surface area (Å²) in [5.74, 6) is 0. The Morgan fingerprint density at radius 1 is 0.727 bits per heavy atom. The summed E-state index contributed by atoms with van der Waals surface area (Å²) in [6, 6.07) is 14.5. The zero-order valence-corrected chi connectivity index (χ0v) is 14.9. The van der Waals surface area contributed by atoms with Gasteiger partial charge in [-0.25, -0.2) is 0 Å². The average molecular weight is 298 g/mol. The number of hydrogen-bond donors (Lipinski definition) is 0. The molecule has 0 fully saturated rings. The Balaban J connectivity index is 2.44. The summed E-state index contributed by atoms with van der Waals surface area (Å²) in [7, 11) is 4.40. The van der Waals surface area contributed by atoms with Gasteiger partial charge in [0, 0.05) is 25.2 Å². The summed E-state index contributed by atoms with van der Waals surface area (Å²) < 4.78 is 0. The zero-order valence-electron chi connectivity index (χ0n) is 14.9. The summed E-state index contributed by atoms with van der Waals surface area (Å²) >= 11 is 0. The summed E-state index contributed by atoms with van der Waals surface area (Å²) in [5.41, 5.74) is 2.86. The molecule has 0 aliphatic heterocycles. The van der Waals surface area contributed by atoms with Crippen LogP contribution in [0.25, 0.3) is 10.8 Å². The van der Waals surface area contributed by atoms with Crippen LogP contribution in [0.15, 0.2) is 36.4 Å². The Bertz CT molecular complexity index is 565. The standard InChI is InChI=1S/C20H30N2/c1-15(2)21(5)13-18-11-7-9-17-10-8-12-19(20(17)18)14-22(6)16(3)4/h7-12,15-16H,13-14H2,1-6H3. The normalized spacial score (nSPS) is 12.3. The quantitative estimate of drug-likeness (QED) is 0.773. The van der Waals surface area contributed by atoms with E-state index in [1.165, 1.54) is 21.9 Å². The van der Waals surface area contributed by atoms with E-state index in [2.05, 4.69) is 88.0 Å². The fraction of sp³-hybridized carbons (Fsp3) is 0.500.